The third-order valence-electron chi connectivity index (χ3n) is 4.43. The maximum absolute atomic E-state index is 14.0. The largest absolute Gasteiger partial charge is 0.319 e. The summed E-state index contributed by atoms with van der Waals surface area (Å²) in [6.45, 7) is 8.07. The quantitative estimate of drug-likeness (QED) is 0.749. The van der Waals surface area contributed by atoms with E-state index in [1.54, 1.807) is 30.7 Å². The van der Waals surface area contributed by atoms with Crippen LogP contribution in [0.25, 0.3) is 0 Å². The number of benzene rings is 2. The number of halogens is 1. The first-order valence-electron chi connectivity index (χ1n) is 8.52. The molecule has 0 aliphatic carbocycles. The molecule has 3 rings (SSSR count). The highest BCUT2D eigenvalue weighted by molar-refractivity contribution is 6.05. The maximum Gasteiger partial charge on any atom is 0.259 e. The summed E-state index contributed by atoms with van der Waals surface area (Å²) in [6.07, 6.45) is 0. The Morgan fingerprint density at radius 1 is 1.04 bits per heavy atom. The van der Waals surface area contributed by atoms with Gasteiger partial charge < -0.3 is 5.32 Å². The van der Waals surface area contributed by atoms with Crippen molar-refractivity contribution in [1.29, 1.82) is 0 Å². The van der Waals surface area contributed by atoms with Crippen LogP contribution in [-0.2, 0) is 6.54 Å². The summed E-state index contributed by atoms with van der Waals surface area (Å²) in [7, 11) is 0. The highest BCUT2D eigenvalue weighted by Crippen LogP contribution is 2.20. The van der Waals surface area contributed by atoms with Gasteiger partial charge >= 0.3 is 0 Å². The fourth-order valence-electron chi connectivity index (χ4n) is 2.95. The second-order valence-corrected chi connectivity index (χ2v) is 6.63. The van der Waals surface area contributed by atoms with Crippen LogP contribution in [0.2, 0.25) is 0 Å². The Hall–Kier alpha value is -2.95. The zero-order chi connectivity index (χ0) is 18.8. The van der Waals surface area contributed by atoms with Crippen LogP contribution in [0.4, 0.5) is 10.1 Å². The van der Waals surface area contributed by atoms with Gasteiger partial charge in [0.15, 0.2) is 0 Å². The maximum atomic E-state index is 14.0. The van der Waals surface area contributed by atoms with Crippen molar-refractivity contribution in [3.63, 3.8) is 0 Å². The van der Waals surface area contributed by atoms with Crippen LogP contribution in [0.1, 0.15) is 38.4 Å². The summed E-state index contributed by atoms with van der Waals surface area (Å²) in [4.78, 5) is 12.7. The third kappa shape index (κ3) is 3.67. The number of carbonyl (C=O) groups excluding carboxylic acids is 1. The predicted molar refractivity (Wildman–Crippen MR) is 101 cm³/mol. The number of amides is 1. The first-order chi connectivity index (χ1) is 12.3. The van der Waals surface area contributed by atoms with Gasteiger partial charge in [-0.2, -0.15) is 5.10 Å². The van der Waals surface area contributed by atoms with Crippen molar-refractivity contribution in [1.82, 2.24) is 9.78 Å². The van der Waals surface area contributed by atoms with Gasteiger partial charge in [-0.25, -0.2) is 4.39 Å². The van der Waals surface area contributed by atoms with Gasteiger partial charge in [0.2, 0.25) is 0 Å². The van der Waals surface area contributed by atoms with E-state index in [0.717, 1.165) is 16.8 Å². The topological polar surface area (TPSA) is 46.9 Å². The summed E-state index contributed by atoms with van der Waals surface area (Å²) in [5.41, 5.74) is 5.15. The minimum atomic E-state index is -0.444. The highest BCUT2D eigenvalue weighted by atomic mass is 19.1. The molecule has 0 spiro atoms. The molecule has 1 N–H and O–H groups in total. The van der Waals surface area contributed by atoms with Crippen LogP contribution in [0.3, 0.4) is 0 Å². The first kappa shape index (κ1) is 17.9. The Morgan fingerprint density at radius 3 is 2.35 bits per heavy atom. The fraction of sp³-hybridized carbons (Fsp3) is 0.238. The lowest BCUT2D eigenvalue weighted by atomic mass is 10.1. The molecule has 1 heterocycles. The lowest BCUT2D eigenvalue weighted by molar-refractivity contribution is 0.102. The van der Waals surface area contributed by atoms with Gasteiger partial charge in [0, 0.05) is 5.69 Å². The van der Waals surface area contributed by atoms with E-state index in [9.17, 15) is 9.18 Å². The van der Waals surface area contributed by atoms with Crippen molar-refractivity contribution in [2.45, 2.75) is 34.2 Å². The van der Waals surface area contributed by atoms with E-state index in [2.05, 4.69) is 22.5 Å². The second kappa shape index (κ2) is 7.12. The van der Waals surface area contributed by atoms with Gasteiger partial charge in [-0.3, -0.25) is 9.48 Å². The number of hydrogen-bond donors (Lipinski definition) is 1. The lowest BCUT2D eigenvalue weighted by Gasteiger charge is -2.08. The Kier molecular flexibility index (Phi) is 4.89. The van der Waals surface area contributed by atoms with E-state index in [-0.39, 0.29) is 11.6 Å². The molecule has 0 unspecified atom stereocenters. The number of anilines is 1. The van der Waals surface area contributed by atoms with Gasteiger partial charge in [-0.1, -0.05) is 35.9 Å². The van der Waals surface area contributed by atoms with Crippen molar-refractivity contribution in [3.8, 4) is 0 Å². The number of nitrogens with zero attached hydrogens (tertiary/aromatic N) is 2. The summed E-state index contributed by atoms with van der Waals surface area (Å²) >= 11 is 0. The van der Waals surface area contributed by atoms with Crippen molar-refractivity contribution >= 4 is 11.6 Å². The van der Waals surface area contributed by atoms with Crippen LogP contribution in [0, 0.1) is 33.5 Å². The van der Waals surface area contributed by atoms with E-state index in [0.29, 0.717) is 17.8 Å². The molecule has 1 amide bonds. The van der Waals surface area contributed by atoms with Crippen LogP contribution in [-0.4, -0.2) is 15.7 Å². The molecule has 1 aromatic heterocycles. The number of hydrogen-bond acceptors (Lipinski definition) is 2. The molecule has 4 nitrogen and oxygen atoms in total. The highest BCUT2D eigenvalue weighted by Gasteiger charge is 2.20. The summed E-state index contributed by atoms with van der Waals surface area (Å²) < 4.78 is 15.8. The van der Waals surface area contributed by atoms with Gasteiger partial charge in [0.25, 0.3) is 5.91 Å². The van der Waals surface area contributed by atoms with Gasteiger partial charge in [0.1, 0.15) is 5.82 Å². The minimum absolute atomic E-state index is 0.172. The summed E-state index contributed by atoms with van der Waals surface area (Å²) in [5.74, 6) is -0.793. The van der Waals surface area contributed by atoms with Gasteiger partial charge in [-0.05, 0) is 51.0 Å². The third-order valence-corrected chi connectivity index (χ3v) is 4.43. The van der Waals surface area contributed by atoms with E-state index < -0.39 is 5.82 Å². The number of aryl methyl sites for hydroxylation is 3. The molecule has 0 aliphatic heterocycles. The summed E-state index contributed by atoms with van der Waals surface area (Å²) in [6, 6.07) is 12.9. The molecule has 0 fully saturated rings. The molecule has 5 heteroatoms. The number of aromatic nitrogens is 2. The van der Waals surface area contributed by atoms with E-state index in [1.807, 2.05) is 26.0 Å². The molecule has 0 radical (unpaired) electrons. The van der Waals surface area contributed by atoms with Crippen molar-refractivity contribution in [2.75, 3.05) is 5.32 Å². The predicted octanol–water partition coefficient (Wildman–Crippen LogP) is 4.56. The smallest absolute Gasteiger partial charge is 0.259 e. The fourth-order valence-corrected chi connectivity index (χ4v) is 2.95. The Bertz CT molecular complexity index is 958. The number of nitrogens with one attached hydrogen (secondary N) is 1. The molecule has 3 aromatic rings. The number of rotatable bonds is 4. The molecule has 0 bridgehead atoms. The second-order valence-electron chi connectivity index (χ2n) is 6.63. The molecule has 0 saturated carbocycles. The molecule has 26 heavy (non-hydrogen) atoms. The van der Waals surface area contributed by atoms with Crippen LogP contribution < -0.4 is 5.32 Å². The standard InChI is InChI=1S/C21H22FN3O/c1-13-5-8-17(9-6-13)12-25-16(4)20(15(3)24-25)21(26)23-19-10-7-14(2)11-18(19)22/h5-11H,12H2,1-4H3,(H,23,26). The lowest BCUT2D eigenvalue weighted by Crippen LogP contribution is -2.15. The zero-order valence-corrected chi connectivity index (χ0v) is 15.4. The van der Waals surface area contributed by atoms with E-state index >= 15 is 0 Å². The number of carbonyl (C=O) groups is 1. The van der Waals surface area contributed by atoms with Crippen molar-refractivity contribution < 1.29 is 9.18 Å². The average molecular weight is 351 g/mol. The molecular formula is C21H22FN3O. The SMILES string of the molecule is Cc1ccc(Cn2nc(C)c(C(=O)Nc3ccc(C)cc3F)c2C)cc1. The van der Waals surface area contributed by atoms with Gasteiger partial charge in [-0.15, -0.1) is 0 Å². The van der Waals surface area contributed by atoms with E-state index in [4.69, 9.17) is 0 Å². The van der Waals surface area contributed by atoms with Crippen LogP contribution in [0.15, 0.2) is 42.5 Å². The van der Waals surface area contributed by atoms with Crippen molar-refractivity contribution in [2.24, 2.45) is 0 Å². The monoisotopic (exact) mass is 351 g/mol. The molecule has 134 valence electrons. The zero-order valence-electron chi connectivity index (χ0n) is 15.4. The Labute approximate surface area is 152 Å². The summed E-state index contributed by atoms with van der Waals surface area (Å²) in [5, 5.41) is 7.14. The minimum Gasteiger partial charge on any atom is -0.319 e. The normalized spacial score (nSPS) is 10.8. The Morgan fingerprint density at radius 2 is 1.69 bits per heavy atom. The molecule has 0 atom stereocenters. The molecule has 2 aromatic carbocycles. The average Bonchev–Trinajstić information content (AvgIpc) is 2.86. The first-order valence-corrected chi connectivity index (χ1v) is 8.52. The van der Waals surface area contributed by atoms with Crippen LogP contribution in [0.5, 0.6) is 0 Å². The molecule has 0 aliphatic rings. The molecule has 0 saturated heterocycles. The van der Waals surface area contributed by atoms with E-state index in [1.165, 1.54) is 11.6 Å². The van der Waals surface area contributed by atoms with Gasteiger partial charge in [0.05, 0.1) is 23.5 Å². The van der Waals surface area contributed by atoms with Crippen LogP contribution >= 0.6 is 0 Å². The Balaban J connectivity index is 1.84. The van der Waals surface area contributed by atoms with Crippen molar-refractivity contribution in [3.05, 3.63) is 81.9 Å². The molecular weight excluding hydrogens is 329 g/mol.